The summed E-state index contributed by atoms with van der Waals surface area (Å²) >= 11 is 0. The predicted molar refractivity (Wildman–Crippen MR) is 63.2 cm³/mol. The minimum atomic E-state index is -3.82. The average molecular weight is 271 g/mol. The van der Waals surface area contributed by atoms with Crippen molar-refractivity contribution in [2.45, 2.75) is 17.7 Å². The molecule has 1 aliphatic rings. The van der Waals surface area contributed by atoms with Gasteiger partial charge in [0.25, 0.3) is 10.0 Å². The molecule has 0 bridgehead atoms. The molecule has 0 saturated heterocycles. The van der Waals surface area contributed by atoms with E-state index in [2.05, 4.69) is 0 Å². The van der Waals surface area contributed by atoms with E-state index in [1.807, 2.05) is 4.72 Å². The summed E-state index contributed by atoms with van der Waals surface area (Å²) in [5.41, 5.74) is 0.547. The highest BCUT2D eigenvalue weighted by Crippen LogP contribution is 2.34. The number of benzene rings is 1. The third-order valence-corrected chi connectivity index (χ3v) is 4.18. The van der Waals surface area contributed by atoms with Gasteiger partial charge in [0.1, 0.15) is 0 Å². The minimum Gasteiger partial charge on any atom is -0.493 e. The SMILES string of the molecule is COc1cc2c(cc1OC)S(=O)(=O)NC(=O)CC2. The van der Waals surface area contributed by atoms with Crippen LogP contribution in [0.3, 0.4) is 0 Å². The van der Waals surface area contributed by atoms with E-state index < -0.39 is 15.9 Å². The number of amides is 1. The molecule has 2 rings (SSSR count). The maximum Gasteiger partial charge on any atom is 0.264 e. The van der Waals surface area contributed by atoms with Crippen molar-refractivity contribution in [3.8, 4) is 11.5 Å². The summed E-state index contributed by atoms with van der Waals surface area (Å²) in [7, 11) is -0.927. The van der Waals surface area contributed by atoms with Crippen molar-refractivity contribution in [1.29, 1.82) is 0 Å². The molecular formula is C11H13NO5S. The zero-order valence-electron chi connectivity index (χ0n) is 10.0. The summed E-state index contributed by atoms with van der Waals surface area (Å²) in [5.74, 6) is 0.251. The Morgan fingerprint density at radius 1 is 1.11 bits per heavy atom. The molecule has 1 aromatic rings. The van der Waals surface area contributed by atoms with Crippen LogP contribution in [0.15, 0.2) is 17.0 Å². The Bertz CT molecular complexity index is 594. The predicted octanol–water partition coefficient (Wildman–Crippen LogP) is 0.455. The molecule has 7 heteroatoms. The standard InChI is InChI=1S/C11H13NO5S/c1-16-8-5-7-3-4-11(13)12-18(14,15)10(7)6-9(8)17-2/h5-6H,3-4H2,1-2H3,(H,12,13). The number of fused-ring (bicyclic) bond motifs is 1. The van der Waals surface area contributed by atoms with E-state index in [1.54, 1.807) is 6.07 Å². The molecular weight excluding hydrogens is 258 g/mol. The third-order valence-electron chi connectivity index (χ3n) is 2.73. The van der Waals surface area contributed by atoms with Crippen molar-refractivity contribution >= 4 is 15.9 Å². The molecule has 0 fully saturated rings. The van der Waals surface area contributed by atoms with E-state index in [9.17, 15) is 13.2 Å². The van der Waals surface area contributed by atoms with Gasteiger partial charge in [-0.15, -0.1) is 0 Å². The van der Waals surface area contributed by atoms with Crippen LogP contribution in [0.1, 0.15) is 12.0 Å². The fraction of sp³-hybridized carbons (Fsp3) is 0.364. The number of carbonyl (C=O) groups is 1. The Morgan fingerprint density at radius 2 is 1.72 bits per heavy atom. The number of nitrogens with one attached hydrogen (secondary N) is 1. The lowest BCUT2D eigenvalue weighted by atomic mass is 10.1. The lowest BCUT2D eigenvalue weighted by Crippen LogP contribution is -2.28. The number of ether oxygens (including phenoxy) is 2. The third kappa shape index (κ3) is 2.13. The van der Waals surface area contributed by atoms with Gasteiger partial charge in [-0.3, -0.25) is 4.79 Å². The van der Waals surface area contributed by atoms with Crippen molar-refractivity contribution in [3.05, 3.63) is 17.7 Å². The molecule has 0 aromatic heterocycles. The lowest BCUT2D eigenvalue weighted by Gasteiger charge is -2.12. The van der Waals surface area contributed by atoms with Crippen LogP contribution in [0, 0.1) is 0 Å². The van der Waals surface area contributed by atoms with E-state index >= 15 is 0 Å². The summed E-state index contributed by atoms with van der Waals surface area (Å²) in [5, 5.41) is 0. The lowest BCUT2D eigenvalue weighted by molar-refractivity contribution is -0.119. The van der Waals surface area contributed by atoms with Gasteiger partial charge in [0.05, 0.1) is 19.1 Å². The summed E-state index contributed by atoms with van der Waals surface area (Å²) < 4.78 is 36.1. The first kappa shape index (κ1) is 12.7. The van der Waals surface area contributed by atoms with Gasteiger partial charge >= 0.3 is 0 Å². The highest BCUT2D eigenvalue weighted by molar-refractivity contribution is 7.90. The van der Waals surface area contributed by atoms with Gasteiger partial charge in [-0.1, -0.05) is 0 Å². The molecule has 1 aromatic carbocycles. The normalized spacial score (nSPS) is 17.3. The second kappa shape index (κ2) is 4.49. The van der Waals surface area contributed by atoms with Gasteiger partial charge in [0, 0.05) is 12.5 Å². The Hall–Kier alpha value is -1.76. The quantitative estimate of drug-likeness (QED) is 0.844. The Kier molecular flexibility index (Phi) is 3.16. The zero-order chi connectivity index (χ0) is 13.3. The molecule has 98 valence electrons. The molecule has 1 aliphatic heterocycles. The molecule has 0 radical (unpaired) electrons. The van der Waals surface area contributed by atoms with Crippen LogP contribution >= 0.6 is 0 Å². The molecule has 0 aliphatic carbocycles. The Labute approximate surface area is 105 Å². The van der Waals surface area contributed by atoms with Crippen LogP contribution in [-0.2, 0) is 21.2 Å². The van der Waals surface area contributed by atoms with Crippen molar-refractivity contribution in [1.82, 2.24) is 4.72 Å². The minimum absolute atomic E-state index is 0.0611. The van der Waals surface area contributed by atoms with Gasteiger partial charge in [-0.05, 0) is 18.1 Å². The first-order valence-corrected chi connectivity index (χ1v) is 6.77. The van der Waals surface area contributed by atoms with Crippen LogP contribution in [0.25, 0.3) is 0 Å². The van der Waals surface area contributed by atoms with E-state index in [0.717, 1.165) is 0 Å². The number of sulfonamides is 1. The van der Waals surface area contributed by atoms with Crippen LogP contribution in [0.4, 0.5) is 0 Å². The zero-order valence-corrected chi connectivity index (χ0v) is 10.8. The molecule has 0 spiro atoms. The second-order valence-electron chi connectivity index (χ2n) is 3.84. The number of carbonyl (C=O) groups excluding carboxylic acids is 1. The maximum absolute atomic E-state index is 11.9. The van der Waals surface area contributed by atoms with E-state index in [1.165, 1.54) is 20.3 Å². The van der Waals surface area contributed by atoms with E-state index in [-0.39, 0.29) is 11.3 Å². The topological polar surface area (TPSA) is 81.7 Å². The van der Waals surface area contributed by atoms with Crippen molar-refractivity contribution in [2.75, 3.05) is 14.2 Å². The Balaban J connectivity index is 2.65. The molecule has 0 saturated carbocycles. The van der Waals surface area contributed by atoms with E-state index in [0.29, 0.717) is 23.5 Å². The molecule has 6 nitrogen and oxygen atoms in total. The van der Waals surface area contributed by atoms with E-state index in [4.69, 9.17) is 9.47 Å². The van der Waals surface area contributed by atoms with Gasteiger partial charge < -0.3 is 9.47 Å². The van der Waals surface area contributed by atoms with Gasteiger partial charge in [0.15, 0.2) is 11.5 Å². The summed E-state index contributed by atoms with van der Waals surface area (Å²) in [6.07, 6.45) is 0.475. The average Bonchev–Trinajstić information content (AvgIpc) is 2.44. The molecule has 1 N–H and O–H groups in total. The number of rotatable bonds is 2. The fourth-order valence-electron chi connectivity index (χ4n) is 1.85. The maximum atomic E-state index is 11.9. The summed E-state index contributed by atoms with van der Waals surface area (Å²) in [6.45, 7) is 0. The van der Waals surface area contributed by atoms with Gasteiger partial charge in [-0.25, -0.2) is 13.1 Å². The summed E-state index contributed by atoms with van der Waals surface area (Å²) in [6, 6.07) is 2.96. The largest absolute Gasteiger partial charge is 0.493 e. The van der Waals surface area contributed by atoms with Gasteiger partial charge in [-0.2, -0.15) is 0 Å². The molecule has 0 unspecified atom stereocenters. The van der Waals surface area contributed by atoms with Gasteiger partial charge in [0.2, 0.25) is 5.91 Å². The molecule has 0 atom stereocenters. The van der Waals surface area contributed by atoms with Crippen molar-refractivity contribution < 1.29 is 22.7 Å². The number of hydrogen-bond acceptors (Lipinski definition) is 5. The monoisotopic (exact) mass is 271 g/mol. The fourth-order valence-corrected chi connectivity index (χ4v) is 3.13. The highest BCUT2D eigenvalue weighted by Gasteiger charge is 2.27. The second-order valence-corrected chi connectivity index (χ2v) is 5.49. The van der Waals surface area contributed by atoms with Crippen LogP contribution < -0.4 is 14.2 Å². The highest BCUT2D eigenvalue weighted by atomic mass is 32.2. The number of aryl methyl sites for hydroxylation is 1. The van der Waals surface area contributed by atoms with Crippen molar-refractivity contribution in [2.24, 2.45) is 0 Å². The summed E-state index contributed by atoms with van der Waals surface area (Å²) in [4.78, 5) is 11.4. The molecule has 1 amide bonds. The van der Waals surface area contributed by atoms with Crippen LogP contribution in [0.5, 0.6) is 11.5 Å². The van der Waals surface area contributed by atoms with Crippen LogP contribution in [-0.4, -0.2) is 28.5 Å². The Morgan fingerprint density at radius 3 is 2.33 bits per heavy atom. The first-order valence-electron chi connectivity index (χ1n) is 5.28. The number of methoxy groups -OCH3 is 2. The first-order chi connectivity index (χ1) is 8.47. The number of hydrogen-bond donors (Lipinski definition) is 1. The van der Waals surface area contributed by atoms with Crippen LogP contribution in [0.2, 0.25) is 0 Å². The molecule has 1 heterocycles. The van der Waals surface area contributed by atoms with Crippen molar-refractivity contribution in [3.63, 3.8) is 0 Å². The smallest absolute Gasteiger partial charge is 0.264 e. The molecule has 18 heavy (non-hydrogen) atoms.